The second-order valence-electron chi connectivity index (χ2n) is 5.98. The molecule has 0 N–H and O–H groups in total. The molecule has 0 saturated carbocycles. The quantitative estimate of drug-likeness (QED) is 0.537. The highest BCUT2D eigenvalue weighted by atomic mass is 19.1. The van der Waals surface area contributed by atoms with Crippen molar-refractivity contribution in [1.29, 1.82) is 0 Å². The number of fused-ring (bicyclic) bond motifs is 1. The molecule has 140 valence electrons. The Morgan fingerprint density at radius 2 is 1.64 bits per heavy atom. The lowest BCUT2D eigenvalue weighted by Gasteiger charge is -2.15. The fourth-order valence-electron chi connectivity index (χ4n) is 2.70. The zero-order chi connectivity index (χ0) is 19.8. The minimum atomic E-state index is -0.728. The van der Waals surface area contributed by atoms with Crippen molar-refractivity contribution in [3.8, 4) is 34.3 Å². The first-order valence-electron chi connectivity index (χ1n) is 8.26. The number of ether oxygens (including phenoxy) is 1. The summed E-state index contributed by atoms with van der Waals surface area (Å²) >= 11 is 0. The molecule has 0 bridgehead atoms. The van der Waals surface area contributed by atoms with Crippen molar-refractivity contribution in [2.75, 3.05) is 7.11 Å². The molecule has 9 heteroatoms. The van der Waals surface area contributed by atoms with Crippen LogP contribution in [0.1, 0.15) is 0 Å². The van der Waals surface area contributed by atoms with Gasteiger partial charge in [0.15, 0.2) is 17.3 Å². The van der Waals surface area contributed by atoms with Gasteiger partial charge in [0.1, 0.15) is 11.6 Å². The van der Waals surface area contributed by atoms with Gasteiger partial charge >= 0.3 is 5.69 Å². The zero-order valence-electron chi connectivity index (χ0n) is 15.0. The van der Waals surface area contributed by atoms with Crippen LogP contribution in [0.3, 0.4) is 0 Å². The predicted octanol–water partition coefficient (Wildman–Crippen LogP) is 1.64. The van der Waals surface area contributed by atoms with Crippen molar-refractivity contribution < 1.29 is 9.13 Å². The molecule has 8 nitrogen and oxygen atoms in total. The van der Waals surface area contributed by atoms with Crippen LogP contribution in [0.2, 0.25) is 0 Å². The first-order valence-corrected chi connectivity index (χ1v) is 8.26. The summed E-state index contributed by atoms with van der Waals surface area (Å²) in [5, 5.41) is 4.43. The Kier molecular flexibility index (Phi) is 4.19. The number of nitrogens with zero attached hydrogens (tertiary/aromatic N) is 5. The van der Waals surface area contributed by atoms with E-state index in [2.05, 4.69) is 15.1 Å². The molecule has 0 fully saturated rings. The van der Waals surface area contributed by atoms with E-state index in [4.69, 9.17) is 4.74 Å². The zero-order valence-corrected chi connectivity index (χ0v) is 15.0. The molecule has 0 spiro atoms. The summed E-state index contributed by atoms with van der Waals surface area (Å²) < 4.78 is 20.7. The van der Waals surface area contributed by atoms with Gasteiger partial charge < -0.3 is 4.74 Å². The fourth-order valence-corrected chi connectivity index (χ4v) is 2.70. The van der Waals surface area contributed by atoms with Crippen LogP contribution >= 0.6 is 0 Å². The Morgan fingerprint density at radius 1 is 0.964 bits per heavy atom. The summed E-state index contributed by atoms with van der Waals surface area (Å²) in [7, 11) is 2.88. The Bertz CT molecular complexity index is 1250. The van der Waals surface area contributed by atoms with Crippen molar-refractivity contribution in [2.24, 2.45) is 7.05 Å². The van der Waals surface area contributed by atoms with Gasteiger partial charge in [0.25, 0.3) is 5.56 Å². The van der Waals surface area contributed by atoms with Crippen molar-refractivity contribution in [3.05, 3.63) is 75.2 Å². The second kappa shape index (κ2) is 6.69. The number of halogens is 1. The van der Waals surface area contributed by atoms with Crippen molar-refractivity contribution in [1.82, 2.24) is 24.3 Å². The lowest BCUT2D eigenvalue weighted by Crippen LogP contribution is -2.37. The number of rotatable bonds is 3. The molecule has 2 aromatic rings. The smallest absolute Gasteiger partial charge is 0.352 e. The van der Waals surface area contributed by atoms with Gasteiger partial charge in [-0.1, -0.05) is 0 Å². The van der Waals surface area contributed by atoms with E-state index in [1.54, 1.807) is 31.4 Å². The van der Waals surface area contributed by atoms with Crippen LogP contribution in [0, 0.1) is 5.82 Å². The number of aromatic nitrogens is 5. The summed E-state index contributed by atoms with van der Waals surface area (Å²) in [5.41, 5.74) is -0.278. The standard InChI is InChI=1S/C19H14FN5O3/c1-24-18(26)15-17(22-19(24)27)25(13-7-5-12(20)6-8-13)23-16(21-15)11-3-9-14(28-2)10-4-11/h3-10H,1-2H3. The molecule has 28 heavy (non-hydrogen) atoms. The Morgan fingerprint density at radius 3 is 2.29 bits per heavy atom. The van der Waals surface area contributed by atoms with Crippen LogP contribution in [-0.4, -0.2) is 31.4 Å². The van der Waals surface area contributed by atoms with E-state index >= 15 is 0 Å². The summed E-state index contributed by atoms with van der Waals surface area (Å²) in [6.07, 6.45) is 0. The molecular weight excluding hydrogens is 365 g/mol. The van der Waals surface area contributed by atoms with E-state index in [0.29, 0.717) is 17.0 Å². The number of hydrogen-bond donors (Lipinski definition) is 0. The highest BCUT2D eigenvalue weighted by molar-refractivity contribution is 5.61. The molecule has 2 aliphatic rings. The SMILES string of the molecule is COc1ccc(-c2nc3c(=O)n(C)c(=O)nc-3n(-c3ccc(F)cc3)n2)cc1. The van der Waals surface area contributed by atoms with Gasteiger partial charge in [-0.3, -0.25) is 9.36 Å². The molecule has 2 heterocycles. The third-order valence-electron chi connectivity index (χ3n) is 4.24. The fraction of sp³-hybridized carbons (Fsp3) is 0.105. The highest BCUT2D eigenvalue weighted by Crippen LogP contribution is 2.23. The number of hydrogen-bond acceptors (Lipinski definition) is 6. The van der Waals surface area contributed by atoms with Gasteiger partial charge in [-0.2, -0.15) is 4.98 Å². The molecule has 0 aromatic heterocycles. The first-order chi connectivity index (χ1) is 13.5. The molecule has 2 aliphatic heterocycles. The lowest BCUT2D eigenvalue weighted by atomic mass is 10.2. The Hall–Kier alpha value is -3.88. The van der Waals surface area contributed by atoms with Gasteiger partial charge in [-0.25, -0.2) is 18.9 Å². The van der Waals surface area contributed by atoms with Crippen LogP contribution in [-0.2, 0) is 7.05 Å². The van der Waals surface area contributed by atoms with Gasteiger partial charge in [-0.15, -0.1) is 5.10 Å². The summed E-state index contributed by atoms with van der Waals surface area (Å²) in [6, 6.07) is 12.4. The Balaban J connectivity index is 2.04. The largest absolute Gasteiger partial charge is 0.497 e. The molecule has 0 radical (unpaired) electrons. The van der Waals surface area contributed by atoms with E-state index in [9.17, 15) is 14.0 Å². The third-order valence-corrected chi connectivity index (χ3v) is 4.24. The van der Waals surface area contributed by atoms with E-state index in [1.165, 1.54) is 36.0 Å². The van der Waals surface area contributed by atoms with Crippen molar-refractivity contribution >= 4 is 0 Å². The highest BCUT2D eigenvalue weighted by Gasteiger charge is 2.21. The first kappa shape index (κ1) is 17.5. The molecule has 0 atom stereocenters. The Labute approximate surface area is 157 Å². The third kappa shape index (κ3) is 2.92. The van der Waals surface area contributed by atoms with Gasteiger partial charge in [-0.05, 0) is 48.5 Å². The number of benzene rings is 2. The maximum absolute atomic E-state index is 13.3. The summed E-state index contributed by atoms with van der Waals surface area (Å²) in [5.74, 6) is 0.477. The molecule has 0 aliphatic carbocycles. The minimum Gasteiger partial charge on any atom is -0.497 e. The summed E-state index contributed by atoms with van der Waals surface area (Å²) in [6.45, 7) is 0. The van der Waals surface area contributed by atoms with Crippen molar-refractivity contribution in [3.63, 3.8) is 0 Å². The van der Waals surface area contributed by atoms with E-state index < -0.39 is 17.1 Å². The molecule has 0 amide bonds. The van der Waals surface area contributed by atoms with E-state index in [1.807, 2.05) is 0 Å². The number of methoxy groups -OCH3 is 1. The maximum atomic E-state index is 13.3. The molecule has 4 rings (SSSR count). The van der Waals surface area contributed by atoms with Crippen LogP contribution < -0.4 is 16.0 Å². The molecular formula is C19H14FN5O3. The predicted molar refractivity (Wildman–Crippen MR) is 99.2 cm³/mol. The van der Waals surface area contributed by atoms with E-state index in [0.717, 1.165) is 4.57 Å². The van der Waals surface area contributed by atoms with Crippen LogP contribution in [0.25, 0.3) is 28.6 Å². The molecule has 0 unspecified atom stereocenters. The molecule has 2 aromatic carbocycles. The maximum Gasteiger partial charge on any atom is 0.352 e. The van der Waals surface area contributed by atoms with Crippen LogP contribution in [0.4, 0.5) is 4.39 Å². The minimum absolute atomic E-state index is 0.00281. The molecule has 0 saturated heterocycles. The van der Waals surface area contributed by atoms with Crippen LogP contribution in [0.5, 0.6) is 5.75 Å². The average Bonchev–Trinajstić information content (AvgIpc) is 2.72. The van der Waals surface area contributed by atoms with Gasteiger partial charge in [0, 0.05) is 12.6 Å². The van der Waals surface area contributed by atoms with E-state index in [-0.39, 0.29) is 17.3 Å². The van der Waals surface area contributed by atoms with Crippen LogP contribution in [0.15, 0.2) is 58.1 Å². The monoisotopic (exact) mass is 379 g/mol. The second-order valence-corrected chi connectivity index (χ2v) is 5.98. The normalized spacial score (nSPS) is 11.0. The van der Waals surface area contributed by atoms with Crippen molar-refractivity contribution in [2.45, 2.75) is 0 Å². The average molecular weight is 379 g/mol. The topological polar surface area (TPSA) is 91.9 Å². The van der Waals surface area contributed by atoms with Gasteiger partial charge in [0.2, 0.25) is 0 Å². The van der Waals surface area contributed by atoms with Gasteiger partial charge in [0.05, 0.1) is 12.8 Å². The lowest BCUT2D eigenvalue weighted by molar-refractivity contribution is 0.415. The summed E-state index contributed by atoms with van der Waals surface area (Å²) in [4.78, 5) is 32.9.